The fourth-order valence-electron chi connectivity index (χ4n) is 4.03. The number of benzene rings is 1. The molecule has 2 aromatic heterocycles. The highest BCUT2D eigenvalue weighted by molar-refractivity contribution is 6.07. The average molecular weight is 375 g/mol. The van der Waals surface area contributed by atoms with Crippen molar-refractivity contribution in [1.29, 1.82) is 0 Å². The number of pyridine rings is 1. The molecule has 2 heterocycles. The Morgan fingerprint density at radius 1 is 1.18 bits per heavy atom. The van der Waals surface area contributed by atoms with Crippen molar-refractivity contribution in [3.63, 3.8) is 0 Å². The van der Waals surface area contributed by atoms with Crippen molar-refractivity contribution in [2.45, 2.75) is 45.1 Å². The minimum Gasteiger partial charge on any atom is -0.368 e. The molecule has 144 valence electrons. The molecule has 0 radical (unpaired) electrons. The summed E-state index contributed by atoms with van der Waals surface area (Å²) in [5.41, 5.74) is 8.53. The van der Waals surface area contributed by atoms with Gasteiger partial charge in [-0.15, -0.1) is 0 Å². The van der Waals surface area contributed by atoms with Crippen LogP contribution in [0.1, 0.15) is 49.4 Å². The number of aromatic nitrogens is 3. The molecule has 28 heavy (non-hydrogen) atoms. The molecular formula is C22H25N5O. The first-order valence-corrected chi connectivity index (χ1v) is 9.96. The normalized spacial score (nSPS) is 14.5. The molecule has 0 unspecified atom stereocenters. The lowest BCUT2D eigenvalue weighted by Crippen LogP contribution is -2.39. The van der Waals surface area contributed by atoms with Crippen LogP contribution in [0.5, 0.6) is 0 Å². The maximum absolute atomic E-state index is 13.6. The van der Waals surface area contributed by atoms with Crippen molar-refractivity contribution in [3.8, 4) is 11.3 Å². The number of anilines is 1. The summed E-state index contributed by atoms with van der Waals surface area (Å²) in [7, 11) is 0. The second-order valence-electron chi connectivity index (χ2n) is 7.34. The van der Waals surface area contributed by atoms with Gasteiger partial charge < -0.3 is 10.6 Å². The van der Waals surface area contributed by atoms with Gasteiger partial charge in [0.05, 0.1) is 16.8 Å². The maximum atomic E-state index is 13.6. The number of hydrogen-bond donors (Lipinski definition) is 1. The van der Waals surface area contributed by atoms with E-state index in [1.54, 1.807) is 12.4 Å². The number of para-hydroxylation sites is 1. The van der Waals surface area contributed by atoms with Gasteiger partial charge in [-0.3, -0.25) is 4.79 Å². The number of carbonyl (C=O) groups excluding carboxylic acids is 1. The quantitative estimate of drug-likeness (QED) is 0.726. The van der Waals surface area contributed by atoms with Crippen LogP contribution in [-0.2, 0) is 0 Å². The van der Waals surface area contributed by atoms with Crippen LogP contribution < -0.4 is 5.73 Å². The van der Waals surface area contributed by atoms with E-state index in [0.29, 0.717) is 17.3 Å². The lowest BCUT2D eigenvalue weighted by Gasteiger charge is -2.29. The minimum absolute atomic E-state index is 0.0879. The van der Waals surface area contributed by atoms with Crippen LogP contribution in [0.25, 0.3) is 22.2 Å². The van der Waals surface area contributed by atoms with Gasteiger partial charge >= 0.3 is 0 Å². The van der Waals surface area contributed by atoms with E-state index in [1.165, 1.54) is 12.8 Å². The lowest BCUT2D eigenvalue weighted by atomic mass is 10.0. The molecule has 6 heteroatoms. The summed E-state index contributed by atoms with van der Waals surface area (Å²) in [5.74, 6) is 0.307. The number of amides is 1. The highest BCUT2D eigenvalue weighted by atomic mass is 16.2. The Hall–Kier alpha value is -3.02. The summed E-state index contributed by atoms with van der Waals surface area (Å²) in [6.45, 7) is 2.90. The van der Waals surface area contributed by atoms with Crippen molar-refractivity contribution >= 4 is 22.8 Å². The van der Waals surface area contributed by atoms with E-state index in [-0.39, 0.29) is 11.9 Å². The Bertz CT molecular complexity index is 980. The molecule has 1 amide bonds. The van der Waals surface area contributed by atoms with Crippen molar-refractivity contribution in [2.75, 3.05) is 12.3 Å². The molecule has 2 N–H and O–H groups in total. The van der Waals surface area contributed by atoms with E-state index in [0.717, 1.165) is 42.3 Å². The third-order valence-electron chi connectivity index (χ3n) is 5.41. The summed E-state index contributed by atoms with van der Waals surface area (Å²) in [6.07, 6.45) is 8.82. The Morgan fingerprint density at radius 2 is 1.89 bits per heavy atom. The lowest BCUT2D eigenvalue weighted by molar-refractivity contribution is 0.0683. The van der Waals surface area contributed by atoms with Gasteiger partial charge in [0.25, 0.3) is 5.91 Å². The molecule has 1 saturated carbocycles. The maximum Gasteiger partial charge on any atom is 0.254 e. The van der Waals surface area contributed by atoms with Gasteiger partial charge in [0.1, 0.15) is 0 Å². The topological polar surface area (TPSA) is 85.0 Å². The molecule has 1 aliphatic rings. The summed E-state index contributed by atoms with van der Waals surface area (Å²) >= 11 is 0. The van der Waals surface area contributed by atoms with Crippen molar-refractivity contribution in [2.24, 2.45) is 0 Å². The molecule has 6 nitrogen and oxygen atoms in total. The second kappa shape index (κ2) is 7.92. The molecule has 1 aromatic carbocycles. The van der Waals surface area contributed by atoms with Crippen LogP contribution in [0.3, 0.4) is 0 Å². The first-order valence-electron chi connectivity index (χ1n) is 9.96. The van der Waals surface area contributed by atoms with E-state index in [2.05, 4.69) is 21.8 Å². The van der Waals surface area contributed by atoms with Crippen LogP contribution in [0, 0.1) is 0 Å². The monoisotopic (exact) mass is 375 g/mol. The molecule has 1 fully saturated rings. The predicted octanol–water partition coefficient (Wildman–Crippen LogP) is 4.07. The first kappa shape index (κ1) is 18.3. The number of nitrogens with zero attached hydrogens (tertiary/aromatic N) is 4. The highest BCUT2D eigenvalue weighted by Crippen LogP contribution is 2.29. The van der Waals surface area contributed by atoms with E-state index < -0.39 is 0 Å². The molecule has 0 spiro atoms. The minimum atomic E-state index is 0.0879. The van der Waals surface area contributed by atoms with E-state index in [4.69, 9.17) is 10.7 Å². The summed E-state index contributed by atoms with van der Waals surface area (Å²) in [6, 6.07) is 10.0. The van der Waals surface area contributed by atoms with Crippen molar-refractivity contribution in [1.82, 2.24) is 19.9 Å². The summed E-state index contributed by atoms with van der Waals surface area (Å²) < 4.78 is 0. The fraction of sp³-hybridized carbons (Fsp3) is 0.364. The fourth-order valence-corrected chi connectivity index (χ4v) is 4.03. The zero-order chi connectivity index (χ0) is 19.5. The number of fused-ring (bicyclic) bond motifs is 1. The molecular weight excluding hydrogens is 350 g/mol. The van der Waals surface area contributed by atoms with Gasteiger partial charge in [-0.25, -0.2) is 15.0 Å². The third kappa shape index (κ3) is 3.54. The number of rotatable bonds is 5. The standard InChI is InChI=1S/C22H25N5O/c1-2-11-27(16-7-3-4-8-16)21(28)18-12-20(15-13-24-22(23)25-14-15)26-19-10-6-5-9-17(18)19/h5-6,9-10,12-14,16H,2-4,7-8,11H2,1H3,(H2,23,24,25). The van der Waals surface area contributed by atoms with Gasteiger partial charge in [0.2, 0.25) is 5.95 Å². The molecule has 4 rings (SSSR count). The van der Waals surface area contributed by atoms with E-state index in [1.807, 2.05) is 30.3 Å². The van der Waals surface area contributed by atoms with E-state index >= 15 is 0 Å². The first-order chi connectivity index (χ1) is 13.7. The van der Waals surface area contributed by atoms with Crippen molar-refractivity contribution in [3.05, 3.63) is 48.3 Å². The Labute approximate surface area is 164 Å². The Balaban J connectivity index is 1.82. The van der Waals surface area contributed by atoms with Gasteiger partial charge in [-0.1, -0.05) is 38.0 Å². The number of nitrogens with two attached hydrogens (primary N) is 1. The predicted molar refractivity (Wildman–Crippen MR) is 111 cm³/mol. The molecule has 0 aliphatic heterocycles. The van der Waals surface area contributed by atoms with E-state index in [9.17, 15) is 4.79 Å². The molecule has 0 bridgehead atoms. The van der Waals surface area contributed by atoms with Crippen LogP contribution >= 0.6 is 0 Å². The SMILES string of the molecule is CCCN(C(=O)c1cc(-c2cnc(N)nc2)nc2ccccc12)C1CCCC1. The third-order valence-corrected chi connectivity index (χ3v) is 5.41. The zero-order valence-corrected chi connectivity index (χ0v) is 16.1. The molecule has 0 atom stereocenters. The smallest absolute Gasteiger partial charge is 0.254 e. The summed E-state index contributed by atoms with van der Waals surface area (Å²) in [4.78, 5) is 28.6. The largest absolute Gasteiger partial charge is 0.368 e. The Kier molecular flexibility index (Phi) is 5.19. The molecule has 3 aromatic rings. The highest BCUT2D eigenvalue weighted by Gasteiger charge is 2.28. The molecule has 1 aliphatic carbocycles. The number of carbonyl (C=O) groups is 1. The number of nitrogen functional groups attached to an aromatic ring is 1. The van der Waals surface area contributed by atoms with Gasteiger partial charge in [-0.05, 0) is 31.4 Å². The Morgan fingerprint density at radius 3 is 2.61 bits per heavy atom. The van der Waals surface area contributed by atoms with Crippen LogP contribution in [0.2, 0.25) is 0 Å². The average Bonchev–Trinajstić information content (AvgIpc) is 3.26. The van der Waals surface area contributed by atoms with Gasteiger partial charge in [0, 0.05) is 35.9 Å². The van der Waals surface area contributed by atoms with Crippen molar-refractivity contribution < 1.29 is 4.79 Å². The van der Waals surface area contributed by atoms with Crippen LogP contribution in [-0.4, -0.2) is 38.3 Å². The zero-order valence-electron chi connectivity index (χ0n) is 16.1. The second-order valence-corrected chi connectivity index (χ2v) is 7.34. The summed E-state index contributed by atoms with van der Waals surface area (Å²) in [5, 5.41) is 0.881. The molecule has 0 saturated heterocycles. The van der Waals surface area contributed by atoms with Crippen LogP contribution in [0.4, 0.5) is 5.95 Å². The van der Waals surface area contributed by atoms with Crippen LogP contribution in [0.15, 0.2) is 42.7 Å². The van der Waals surface area contributed by atoms with Gasteiger partial charge in [0.15, 0.2) is 0 Å². The van der Waals surface area contributed by atoms with Gasteiger partial charge in [-0.2, -0.15) is 0 Å². The number of hydrogen-bond acceptors (Lipinski definition) is 5.